The zero-order valence-corrected chi connectivity index (χ0v) is 16.9. The van der Waals surface area contributed by atoms with Crippen LogP contribution >= 0.6 is 23.1 Å². The van der Waals surface area contributed by atoms with Crippen LogP contribution in [0.1, 0.15) is 11.4 Å². The lowest BCUT2D eigenvalue weighted by molar-refractivity contribution is -0.113. The van der Waals surface area contributed by atoms with Gasteiger partial charge in [-0.1, -0.05) is 36.0 Å². The van der Waals surface area contributed by atoms with Crippen molar-refractivity contribution in [1.82, 2.24) is 20.0 Å². The van der Waals surface area contributed by atoms with Gasteiger partial charge < -0.3 is 9.73 Å². The Morgan fingerprint density at radius 1 is 1.18 bits per heavy atom. The summed E-state index contributed by atoms with van der Waals surface area (Å²) in [5.41, 5.74) is 3.31. The second kappa shape index (κ2) is 7.99. The molecule has 7 nitrogen and oxygen atoms in total. The highest BCUT2D eigenvalue weighted by Gasteiger charge is 2.17. The second-order valence-corrected chi connectivity index (χ2v) is 7.85. The molecule has 142 valence electrons. The summed E-state index contributed by atoms with van der Waals surface area (Å²) in [7, 11) is 0. The molecule has 0 aliphatic heterocycles. The monoisotopic (exact) mass is 411 g/mol. The second-order valence-electron chi connectivity index (χ2n) is 5.98. The molecule has 1 N–H and O–H groups in total. The van der Waals surface area contributed by atoms with Gasteiger partial charge >= 0.3 is 0 Å². The van der Waals surface area contributed by atoms with Gasteiger partial charge in [0.05, 0.1) is 33.4 Å². The van der Waals surface area contributed by atoms with Crippen molar-refractivity contribution in [2.24, 2.45) is 0 Å². The zero-order chi connectivity index (χ0) is 19.5. The Morgan fingerprint density at radius 2 is 2.00 bits per heavy atom. The summed E-state index contributed by atoms with van der Waals surface area (Å²) < 4.78 is 7.42. The number of rotatable bonds is 6. The molecule has 1 amide bonds. The zero-order valence-electron chi connectivity index (χ0n) is 15.2. The first kappa shape index (κ1) is 18.5. The first-order chi connectivity index (χ1) is 13.6. The van der Waals surface area contributed by atoms with Crippen LogP contribution in [-0.2, 0) is 4.79 Å². The normalized spacial score (nSPS) is 10.9. The van der Waals surface area contributed by atoms with Gasteiger partial charge in [0.15, 0.2) is 0 Å². The average Bonchev–Trinajstić information content (AvgIpc) is 3.44. The van der Waals surface area contributed by atoms with E-state index in [1.165, 1.54) is 23.1 Å². The van der Waals surface area contributed by atoms with E-state index in [-0.39, 0.29) is 11.7 Å². The predicted octanol–water partition coefficient (Wildman–Crippen LogP) is 4.33. The van der Waals surface area contributed by atoms with Crippen molar-refractivity contribution in [1.29, 1.82) is 0 Å². The van der Waals surface area contributed by atoms with Crippen LogP contribution in [0.25, 0.3) is 16.5 Å². The number of nitrogens with zero attached hydrogens (tertiary/aromatic N) is 4. The van der Waals surface area contributed by atoms with Crippen LogP contribution < -0.4 is 5.32 Å². The Morgan fingerprint density at radius 3 is 2.75 bits per heavy atom. The lowest BCUT2D eigenvalue weighted by atomic mass is 10.3. The number of aryl methyl sites for hydroxylation is 1. The number of carbonyl (C=O) groups is 1. The number of hydrogen-bond acceptors (Lipinski definition) is 7. The summed E-state index contributed by atoms with van der Waals surface area (Å²) in [6.07, 6.45) is 0. The molecule has 0 saturated heterocycles. The first-order valence-corrected chi connectivity index (χ1v) is 10.4. The van der Waals surface area contributed by atoms with Gasteiger partial charge in [-0.25, -0.2) is 4.68 Å². The SMILES string of the molecule is Cc1nn(-c2ccccc2)c(C)c1NC(=O)CSc1nnc(-c2cccs2)o1. The number of thioether (sulfide) groups is 1. The number of benzene rings is 1. The number of nitrogens with one attached hydrogen (secondary N) is 1. The molecule has 0 atom stereocenters. The molecule has 4 rings (SSSR count). The molecule has 3 aromatic heterocycles. The average molecular weight is 412 g/mol. The van der Waals surface area contributed by atoms with E-state index < -0.39 is 0 Å². The quantitative estimate of drug-likeness (QED) is 0.475. The number of hydrogen-bond donors (Lipinski definition) is 1. The van der Waals surface area contributed by atoms with Crippen LogP contribution in [0.5, 0.6) is 0 Å². The Bertz CT molecular complexity index is 1090. The summed E-state index contributed by atoms with van der Waals surface area (Å²) in [5, 5.41) is 17.8. The molecule has 3 heterocycles. The molecule has 0 aliphatic carbocycles. The Labute approximate surface area is 169 Å². The summed E-state index contributed by atoms with van der Waals surface area (Å²) in [6, 6.07) is 13.6. The van der Waals surface area contributed by atoms with Crippen LogP contribution in [0, 0.1) is 13.8 Å². The highest BCUT2D eigenvalue weighted by atomic mass is 32.2. The van der Waals surface area contributed by atoms with Crippen LogP contribution in [0.4, 0.5) is 5.69 Å². The van der Waals surface area contributed by atoms with Crippen LogP contribution in [-0.4, -0.2) is 31.6 Å². The van der Waals surface area contributed by atoms with E-state index in [1.807, 2.05) is 66.4 Å². The van der Waals surface area contributed by atoms with Gasteiger partial charge in [0, 0.05) is 0 Å². The van der Waals surface area contributed by atoms with Gasteiger partial charge in [0.1, 0.15) is 0 Å². The van der Waals surface area contributed by atoms with Crippen molar-refractivity contribution >= 4 is 34.7 Å². The summed E-state index contributed by atoms with van der Waals surface area (Å²) in [4.78, 5) is 13.3. The fourth-order valence-electron chi connectivity index (χ4n) is 2.71. The molecule has 0 unspecified atom stereocenters. The molecule has 28 heavy (non-hydrogen) atoms. The molecule has 0 spiro atoms. The number of carbonyl (C=O) groups excluding carboxylic acids is 1. The maximum Gasteiger partial charge on any atom is 0.277 e. The van der Waals surface area contributed by atoms with Crippen molar-refractivity contribution in [3.8, 4) is 16.5 Å². The number of anilines is 1. The fourth-order valence-corrected chi connectivity index (χ4v) is 3.92. The van der Waals surface area contributed by atoms with E-state index in [2.05, 4.69) is 20.6 Å². The van der Waals surface area contributed by atoms with E-state index in [9.17, 15) is 4.79 Å². The number of para-hydroxylation sites is 1. The molecular formula is C19H17N5O2S2. The number of thiophene rings is 1. The third-order valence-electron chi connectivity index (χ3n) is 4.02. The summed E-state index contributed by atoms with van der Waals surface area (Å²) >= 11 is 2.73. The minimum Gasteiger partial charge on any atom is -0.410 e. The molecule has 0 aliphatic rings. The van der Waals surface area contributed by atoms with Crippen molar-refractivity contribution in [3.05, 3.63) is 59.2 Å². The highest BCUT2D eigenvalue weighted by molar-refractivity contribution is 7.99. The minimum atomic E-state index is -0.153. The maximum atomic E-state index is 12.4. The standard InChI is InChI=1S/C19H17N5O2S2/c1-12-17(13(2)24(23-12)14-7-4-3-5-8-14)20-16(25)11-28-19-22-21-18(26-19)15-9-6-10-27-15/h3-10H,11H2,1-2H3,(H,20,25). The maximum absolute atomic E-state index is 12.4. The van der Waals surface area contributed by atoms with E-state index in [4.69, 9.17) is 4.42 Å². The molecule has 0 bridgehead atoms. The molecular weight excluding hydrogens is 394 g/mol. The van der Waals surface area contributed by atoms with Gasteiger partial charge in [-0.3, -0.25) is 4.79 Å². The van der Waals surface area contributed by atoms with E-state index in [0.717, 1.165) is 27.6 Å². The van der Waals surface area contributed by atoms with Gasteiger partial charge in [0.2, 0.25) is 5.91 Å². The molecule has 0 fully saturated rings. The van der Waals surface area contributed by atoms with Gasteiger partial charge in [-0.15, -0.1) is 21.5 Å². The Hall–Kier alpha value is -2.91. The Balaban J connectivity index is 1.41. The molecule has 1 aromatic carbocycles. The van der Waals surface area contributed by atoms with Crippen molar-refractivity contribution in [2.75, 3.05) is 11.1 Å². The van der Waals surface area contributed by atoms with Gasteiger partial charge in [-0.2, -0.15) is 5.10 Å². The summed E-state index contributed by atoms with van der Waals surface area (Å²) in [6.45, 7) is 3.81. The lowest BCUT2D eigenvalue weighted by Crippen LogP contribution is -2.15. The Kier molecular flexibility index (Phi) is 5.27. The van der Waals surface area contributed by atoms with Crippen LogP contribution in [0.3, 0.4) is 0 Å². The minimum absolute atomic E-state index is 0.153. The highest BCUT2D eigenvalue weighted by Crippen LogP contribution is 2.27. The fraction of sp³-hybridized carbons (Fsp3) is 0.158. The topological polar surface area (TPSA) is 85.8 Å². The third-order valence-corrected chi connectivity index (χ3v) is 5.70. The molecule has 4 aromatic rings. The van der Waals surface area contributed by atoms with Gasteiger partial charge in [0.25, 0.3) is 11.1 Å². The predicted molar refractivity (Wildman–Crippen MR) is 110 cm³/mol. The number of amides is 1. The smallest absolute Gasteiger partial charge is 0.277 e. The first-order valence-electron chi connectivity index (χ1n) is 8.53. The third kappa shape index (κ3) is 3.85. The van der Waals surface area contributed by atoms with Crippen molar-refractivity contribution in [2.45, 2.75) is 19.1 Å². The lowest BCUT2D eigenvalue weighted by Gasteiger charge is -2.06. The molecule has 0 saturated carbocycles. The van der Waals surface area contributed by atoms with Gasteiger partial charge in [-0.05, 0) is 37.4 Å². The van der Waals surface area contributed by atoms with Crippen molar-refractivity contribution in [3.63, 3.8) is 0 Å². The van der Waals surface area contributed by atoms with E-state index in [1.54, 1.807) is 0 Å². The largest absolute Gasteiger partial charge is 0.410 e. The van der Waals surface area contributed by atoms with Crippen LogP contribution in [0.15, 0.2) is 57.5 Å². The number of aromatic nitrogens is 4. The molecule has 0 radical (unpaired) electrons. The summed E-state index contributed by atoms with van der Waals surface area (Å²) in [5.74, 6) is 0.481. The van der Waals surface area contributed by atoms with Crippen LogP contribution in [0.2, 0.25) is 0 Å². The van der Waals surface area contributed by atoms with Crippen molar-refractivity contribution < 1.29 is 9.21 Å². The van der Waals surface area contributed by atoms with E-state index >= 15 is 0 Å². The van der Waals surface area contributed by atoms with E-state index in [0.29, 0.717) is 11.1 Å². The molecule has 9 heteroatoms.